The molecule has 2 heteroatoms. The molecule has 0 aliphatic heterocycles. The van der Waals surface area contributed by atoms with E-state index in [2.05, 4.69) is 231 Å². The molecule has 11 aromatic rings. The van der Waals surface area contributed by atoms with Crippen LogP contribution in [0.2, 0.25) is 0 Å². The molecule has 0 bridgehead atoms. The van der Waals surface area contributed by atoms with Gasteiger partial charge < -0.3 is 0 Å². The van der Waals surface area contributed by atoms with Gasteiger partial charge in [0.25, 0.3) is 0 Å². The van der Waals surface area contributed by atoms with Gasteiger partial charge in [-0.15, -0.1) is 0 Å². The molecule has 11 rings (SSSR count). The van der Waals surface area contributed by atoms with Gasteiger partial charge in [-0.3, -0.25) is 0 Å². The maximum Gasteiger partial charge on any atom is 0.160 e. The van der Waals surface area contributed by atoms with Crippen LogP contribution < -0.4 is 0 Å². The number of fused-ring (bicyclic) bond motifs is 4. The Morgan fingerprint density at radius 2 is 0.650 bits per heavy atom. The molecule has 0 aliphatic rings. The van der Waals surface area contributed by atoms with Crippen molar-refractivity contribution in [3.05, 3.63) is 231 Å². The van der Waals surface area contributed by atoms with Crippen LogP contribution in [0.25, 0.3) is 111 Å². The van der Waals surface area contributed by atoms with E-state index in [1.54, 1.807) is 0 Å². The van der Waals surface area contributed by atoms with Gasteiger partial charge in [0.1, 0.15) is 0 Å². The summed E-state index contributed by atoms with van der Waals surface area (Å²) in [5.41, 5.74) is 15.8. The minimum Gasteiger partial charge on any atom is -0.227 e. The van der Waals surface area contributed by atoms with Crippen LogP contribution in [0.1, 0.15) is 0 Å². The van der Waals surface area contributed by atoms with Crippen LogP contribution in [-0.2, 0) is 0 Å². The molecule has 60 heavy (non-hydrogen) atoms. The lowest BCUT2D eigenvalue weighted by Gasteiger charge is -2.14. The Kier molecular flexibility index (Phi) is 8.87. The number of aromatic nitrogens is 2. The van der Waals surface area contributed by atoms with E-state index < -0.39 is 0 Å². The van der Waals surface area contributed by atoms with Crippen LogP contribution in [0.4, 0.5) is 0 Å². The van der Waals surface area contributed by atoms with Crippen molar-refractivity contribution in [2.24, 2.45) is 0 Å². The smallest absolute Gasteiger partial charge is 0.160 e. The fourth-order valence-corrected chi connectivity index (χ4v) is 8.59. The van der Waals surface area contributed by atoms with Crippen LogP contribution >= 0.6 is 0 Å². The Hall–Kier alpha value is -7.94. The van der Waals surface area contributed by atoms with E-state index in [1.807, 2.05) is 0 Å². The molecule has 1 aromatic heterocycles. The van der Waals surface area contributed by atoms with E-state index in [-0.39, 0.29) is 0 Å². The zero-order chi connectivity index (χ0) is 39.8. The van der Waals surface area contributed by atoms with Gasteiger partial charge in [0.2, 0.25) is 0 Å². The van der Waals surface area contributed by atoms with E-state index in [1.165, 1.54) is 55.3 Å². The van der Waals surface area contributed by atoms with Crippen molar-refractivity contribution < 1.29 is 0 Å². The molecule has 1 heterocycles. The minimum absolute atomic E-state index is 0.714. The Balaban J connectivity index is 0.957. The number of hydrogen-bond donors (Lipinski definition) is 0. The molecule has 0 saturated carbocycles. The van der Waals surface area contributed by atoms with Crippen LogP contribution in [0, 0.1) is 0 Å². The number of rotatable bonds is 7. The predicted molar refractivity (Wildman–Crippen MR) is 253 cm³/mol. The molecule has 0 radical (unpaired) electrons. The summed E-state index contributed by atoms with van der Waals surface area (Å²) in [6, 6.07) is 82.5. The first kappa shape index (κ1) is 35.2. The zero-order valence-corrected chi connectivity index (χ0v) is 32.8. The number of nitrogens with zero attached hydrogens (tertiary/aromatic N) is 2. The maximum absolute atomic E-state index is 5.32. The fraction of sp³-hybridized carbons (Fsp3) is 0. The molecule has 0 aliphatic carbocycles. The first-order valence-corrected chi connectivity index (χ1v) is 20.5. The van der Waals surface area contributed by atoms with E-state index in [4.69, 9.17) is 9.97 Å². The summed E-state index contributed by atoms with van der Waals surface area (Å²) in [6.07, 6.45) is 0. The highest BCUT2D eigenvalue weighted by Crippen LogP contribution is 2.38. The van der Waals surface area contributed by atoms with Crippen molar-refractivity contribution in [2.75, 3.05) is 0 Å². The Labute approximate surface area is 349 Å². The van der Waals surface area contributed by atoms with Crippen molar-refractivity contribution in [1.29, 1.82) is 0 Å². The monoisotopic (exact) mass is 762 g/mol. The quantitative estimate of drug-likeness (QED) is 0.151. The summed E-state index contributed by atoms with van der Waals surface area (Å²) >= 11 is 0. The van der Waals surface area contributed by atoms with Gasteiger partial charge in [-0.2, -0.15) is 0 Å². The summed E-state index contributed by atoms with van der Waals surface area (Å²) in [7, 11) is 0. The molecular formula is C58H38N2. The van der Waals surface area contributed by atoms with Crippen molar-refractivity contribution in [2.45, 2.75) is 0 Å². The largest absolute Gasteiger partial charge is 0.227 e. The maximum atomic E-state index is 5.32. The van der Waals surface area contributed by atoms with E-state index in [0.29, 0.717) is 5.82 Å². The second-order valence-electron chi connectivity index (χ2n) is 15.4. The van der Waals surface area contributed by atoms with Crippen molar-refractivity contribution in [3.63, 3.8) is 0 Å². The summed E-state index contributed by atoms with van der Waals surface area (Å²) in [5.74, 6) is 0.714. The lowest BCUT2D eigenvalue weighted by molar-refractivity contribution is 1.24. The van der Waals surface area contributed by atoms with Gasteiger partial charge in [0.05, 0.1) is 11.2 Å². The van der Waals surface area contributed by atoms with Gasteiger partial charge in [-0.05, 0) is 108 Å². The summed E-state index contributed by atoms with van der Waals surface area (Å²) in [4.78, 5) is 10.6. The molecule has 0 spiro atoms. The third-order valence-electron chi connectivity index (χ3n) is 11.7. The average molecular weight is 763 g/mol. The van der Waals surface area contributed by atoms with E-state index >= 15 is 0 Å². The Morgan fingerprint density at radius 3 is 1.28 bits per heavy atom. The Bertz CT molecular complexity index is 3290. The molecule has 0 fully saturated rings. The number of benzene rings is 10. The SMILES string of the molecule is c1ccc(-c2cc(-c3ccccc3)cc(-c3cccc(-c4cccc(-c5ccc(-c6nc(-c7cccc8ccccc78)c7ccc8ccccc8c7n6)cc5)c4)c3)c2)cc1. The molecule has 0 atom stereocenters. The Morgan fingerprint density at radius 1 is 0.233 bits per heavy atom. The standard InChI is InChI=1S/C58H38N2/c1-3-14-39(15-4-1)49-36-50(40-16-5-2-6-17-40)38-51(37-49)48-24-12-23-47(35-48)46-22-11-21-45(34-46)41-28-30-44(31-29-41)58-59-56-53-26-10-8-19-43(53)32-33-55(56)57(60-58)54-27-13-20-42-18-7-9-25-52(42)54/h1-38H. The van der Waals surface area contributed by atoms with Crippen molar-refractivity contribution >= 4 is 32.4 Å². The highest BCUT2D eigenvalue weighted by Gasteiger charge is 2.16. The topological polar surface area (TPSA) is 25.8 Å². The molecule has 0 saturated heterocycles. The van der Waals surface area contributed by atoms with Crippen LogP contribution in [0.3, 0.4) is 0 Å². The molecule has 2 nitrogen and oxygen atoms in total. The fourth-order valence-electron chi connectivity index (χ4n) is 8.59. The summed E-state index contributed by atoms with van der Waals surface area (Å²) in [5, 5.41) is 5.70. The third kappa shape index (κ3) is 6.61. The first-order chi connectivity index (χ1) is 29.7. The highest BCUT2D eigenvalue weighted by molar-refractivity contribution is 6.12. The van der Waals surface area contributed by atoms with Gasteiger partial charge in [-0.25, -0.2) is 9.97 Å². The third-order valence-corrected chi connectivity index (χ3v) is 11.7. The lowest BCUT2D eigenvalue weighted by Crippen LogP contribution is -1.96. The summed E-state index contributed by atoms with van der Waals surface area (Å²) in [6.45, 7) is 0. The second kappa shape index (κ2) is 15.1. The van der Waals surface area contributed by atoms with E-state index in [9.17, 15) is 0 Å². The highest BCUT2D eigenvalue weighted by atomic mass is 14.9. The zero-order valence-electron chi connectivity index (χ0n) is 32.8. The number of hydrogen-bond acceptors (Lipinski definition) is 2. The molecule has 0 unspecified atom stereocenters. The molecular weight excluding hydrogens is 725 g/mol. The van der Waals surface area contributed by atoms with Crippen molar-refractivity contribution in [1.82, 2.24) is 9.97 Å². The van der Waals surface area contributed by atoms with Gasteiger partial charge in [0, 0.05) is 21.9 Å². The minimum atomic E-state index is 0.714. The van der Waals surface area contributed by atoms with Crippen LogP contribution in [0.5, 0.6) is 0 Å². The van der Waals surface area contributed by atoms with Crippen LogP contribution in [-0.4, -0.2) is 9.97 Å². The lowest BCUT2D eigenvalue weighted by atomic mass is 9.91. The average Bonchev–Trinajstić information content (AvgIpc) is 3.34. The molecule has 280 valence electrons. The van der Waals surface area contributed by atoms with E-state index in [0.717, 1.165) is 49.6 Å². The normalized spacial score (nSPS) is 11.3. The predicted octanol–water partition coefficient (Wildman–Crippen LogP) is 15.6. The van der Waals surface area contributed by atoms with Gasteiger partial charge in [-0.1, -0.05) is 194 Å². The van der Waals surface area contributed by atoms with Gasteiger partial charge >= 0.3 is 0 Å². The molecule has 0 N–H and O–H groups in total. The van der Waals surface area contributed by atoms with Crippen molar-refractivity contribution in [3.8, 4) is 78.3 Å². The summed E-state index contributed by atoms with van der Waals surface area (Å²) < 4.78 is 0. The first-order valence-electron chi connectivity index (χ1n) is 20.5. The second-order valence-corrected chi connectivity index (χ2v) is 15.4. The molecule has 0 amide bonds. The molecule has 10 aromatic carbocycles. The van der Waals surface area contributed by atoms with Gasteiger partial charge in [0.15, 0.2) is 5.82 Å². The van der Waals surface area contributed by atoms with Crippen LogP contribution in [0.15, 0.2) is 231 Å².